The smallest absolute Gasteiger partial charge is 0.232 e. The molecule has 0 spiro atoms. The minimum atomic E-state index is -0.231. The van der Waals surface area contributed by atoms with Crippen molar-refractivity contribution in [2.24, 2.45) is 0 Å². The van der Waals surface area contributed by atoms with Gasteiger partial charge in [-0.15, -0.1) is 0 Å². The summed E-state index contributed by atoms with van der Waals surface area (Å²) in [7, 11) is 0. The molecule has 0 radical (unpaired) electrons. The van der Waals surface area contributed by atoms with Crippen LogP contribution in [0.3, 0.4) is 0 Å². The van der Waals surface area contributed by atoms with Crippen molar-refractivity contribution in [1.82, 2.24) is 4.90 Å². The second kappa shape index (κ2) is 6.80. The van der Waals surface area contributed by atoms with Crippen molar-refractivity contribution in [3.63, 3.8) is 0 Å². The lowest BCUT2D eigenvalue weighted by molar-refractivity contribution is -0.129. The molecular weight excluding hydrogens is 263 g/mol. The topological polar surface area (TPSA) is 32.3 Å². The van der Waals surface area contributed by atoms with E-state index in [1.54, 1.807) is 23.9 Å². The van der Waals surface area contributed by atoms with Crippen LogP contribution in [-0.2, 0) is 4.79 Å². The highest BCUT2D eigenvalue weighted by molar-refractivity contribution is 7.99. The minimum Gasteiger partial charge on any atom is -0.381 e. The lowest BCUT2D eigenvalue weighted by Gasteiger charge is -2.33. The van der Waals surface area contributed by atoms with E-state index in [4.69, 9.17) is 0 Å². The standard InChI is InChI=1S/C14H19FN2OS/c1-19-10-14(18)17-8-2-3-13(9-17)16-12-6-4-11(15)5-7-12/h4-7,13,16H,2-3,8-10H2,1H3. The summed E-state index contributed by atoms with van der Waals surface area (Å²) < 4.78 is 12.8. The number of carbonyl (C=O) groups is 1. The Morgan fingerprint density at radius 2 is 2.21 bits per heavy atom. The molecule has 1 amide bonds. The Kier molecular flexibility index (Phi) is 5.07. The maximum atomic E-state index is 12.8. The van der Waals surface area contributed by atoms with Gasteiger partial charge in [0.2, 0.25) is 5.91 Å². The number of likely N-dealkylation sites (tertiary alicyclic amines) is 1. The van der Waals surface area contributed by atoms with Gasteiger partial charge >= 0.3 is 0 Å². The number of amides is 1. The van der Waals surface area contributed by atoms with Crippen LogP contribution >= 0.6 is 11.8 Å². The molecule has 0 aliphatic carbocycles. The Hall–Kier alpha value is -1.23. The number of thioether (sulfide) groups is 1. The molecule has 1 N–H and O–H groups in total. The largest absolute Gasteiger partial charge is 0.381 e. The molecule has 104 valence electrons. The van der Waals surface area contributed by atoms with Crippen LogP contribution in [0.5, 0.6) is 0 Å². The molecule has 1 aliphatic heterocycles. The van der Waals surface area contributed by atoms with Gasteiger partial charge in [-0.05, 0) is 43.4 Å². The van der Waals surface area contributed by atoms with E-state index in [0.717, 1.165) is 31.6 Å². The minimum absolute atomic E-state index is 0.207. The summed E-state index contributed by atoms with van der Waals surface area (Å²) in [4.78, 5) is 13.8. The Labute approximate surface area is 117 Å². The van der Waals surface area contributed by atoms with Gasteiger partial charge in [0, 0.05) is 24.8 Å². The highest BCUT2D eigenvalue weighted by atomic mass is 32.2. The van der Waals surface area contributed by atoms with Gasteiger partial charge in [-0.1, -0.05) is 0 Å². The molecule has 0 bridgehead atoms. The molecule has 1 unspecified atom stereocenters. The van der Waals surface area contributed by atoms with Crippen LogP contribution < -0.4 is 5.32 Å². The molecular formula is C14H19FN2OS. The number of hydrogen-bond acceptors (Lipinski definition) is 3. The summed E-state index contributed by atoms with van der Waals surface area (Å²) in [6.45, 7) is 1.58. The predicted molar refractivity (Wildman–Crippen MR) is 78.0 cm³/mol. The van der Waals surface area contributed by atoms with E-state index in [0.29, 0.717) is 5.75 Å². The third-order valence-corrected chi connectivity index (χ3v) is 3.79. The van der Waals surface area contributed by atoms with E-state index in [1.807, 2.05) is 11.2 Å². The van der Waals surface area contributed by atoms with Crippen molar-refractivity contribution in [3.05, 3.63) is 30.1 Å². The fraction of sp³-hybridized carbons (Fsp3) is 0.500. The summed E-state index contributed by atoms with van der Waals surface area (Å²) in [5.74, 6) is 0.521. The molecule has 1 aromatic carbocycles. The van der Waals surface area contributed by atoms with Gasteiger partial charge in [0.15, 0.2) is 0 Å². The van der Waals surface area contributed by atoms with E-state index < -0.39 is 0 Å². The number of anilines is 1. The van der Waals surface area contributed by atoms with Crippen LogP contribution in [-0.4, -0.2) is 41.9 Å². The first-order valence-electron chi connectivity index (χ1n) is 6.48. The average molecular weight is 282 g/mol. The number of benzene rings is 1. The molecule has 1 atom stereocenters. The Bertz CT molecular complexity index is 424. The summed E-state index contributed by atoms with van der Waals surface area (Å²) in [5.41, 5.74) is 0.908. The van der Waals surface area contributed by atoms with Gasteiger partial charge in [0.25, 0.3) is 0 Å². The van der Waals surface area contributed by atoms with Crippen LogP contribution in [0.4, 0.5) is 10.1 Å². The number of piperidine rings is 1. The van der Waals surface area contributed by atoms with E-state index >= 15 is 0 Å². The Morgan fingerprint density at radius 1 is 1.47 bits per heavy atom. The lowest BCUT2D eigenvalue weighted by Crippen LogP contribution is -2.45. The third kappa shape index (κ3) is 4.13. The quantitative estimate of drug-likeness (QED) is 0.921. The van der Waals surface area contributed by atoms with Crippen LogP contribution in [0.2, 0.25) is 0 Å². The zero-order valence-electron chi connectivity index (χ0n) is 11.1. The maximum absolute atomic E-state index is 12.8. The number of rotatable bonds is 4. The number of hydrogen-bond donors (Lipinski definition) is 1. The Balaban J connectivity index is 1.90. The highest BCUT2D eigenvalue weighted by Crippen LogP contribution is 2.17. The number of carbonyl (C=O) groups excluding carboxylic acids is 1. The zero-order chi connectivity index (χ0) is 13.7. The van der Waals surface area contributed by atoms with E-state index in [9.17, 15) is 9.18 Å². The van der Waals surface area contributed by atoms with Gasteiger partial charge in [-0.3, -0.25) is 4.79 Å². The molecule has 2 rings (SSSR count). The van der Waals surface area contributed by atoms with Crippen molar-refractivity contribution < 1.29 is 9.18 Å². The van der Waals surface area contributed by atoms with Gasteiger partial charge in [-0.2, -0.15) is 11.8 Å². The first-order valence-corrected chi connectivity index (χ1v) is 7.87. The van der Waals surface area contributed by atoms with Crippen molar-refractivity contribution >= 4 is 23.4 Å². The van der Waals surface area contributed by atoms with E-state index in [2.05, 4.69) is 5.32 Å². The monoisotopic (exact) mass is 282 g/mol. The van der Waals surface area contributed by atoms with Gasteiger partial charge < -0.3 is 10.2 Å². The molecule has 1 aliphatic rings. The fourth-order valence-electron chi connectivity index (χ4n) is 2.32. The molecule has 1 saturated heterocycles. The second-order valence-corrected chi connectivity index (χ2v) is 5.63. The first kappa shape index (κ1) is 14.2. The highest BCUT2D eigenvalue weighted by Gasteiger charge is 2.22. The van der Waals surface area contributed by atoms with Crippen molar-refractivity contribution in [1.29, 1.82) is 0 Å². The molecule has 1 heterocycles. The van der Waals surface area contributed by atoms with Crippen molar-refractivity contribution in [3.8, 4) is 0 Å². The van der Waals surface area contributed by atoms with Crippen LogP contribution in [0.25, 0.3) is 0 Å². The number of halogens is 1. The predicted octanol–water partition coefficient (Wildman–Crippen LogP) is 2.59. The van der Waals surface area contributed by atoms with Crippen molar-refractivity contribution in [2.45, 2.75) is 18.9 Å². The number of nitrogens with zero attached hydrogens (tertiary/aromatic N) is 1. The van der Waals surface area contributed by atoms with Crippen LogP contribution in [0, 0.1) is 5.82 Å². The molecule has 3 nitrogen and oxygen atoms in total. The second-order valence-electron chi connectivity index (χ2n) is 4.76. The zero-order valence-corrected chi connectivity index (χ0v) is 11.9. The van der Waals surface area contributed by atoms with E-state index in [-0.39, 0.29) is 17.8 Å². The lowest BCUT2D eigenvalue weighted by atomic mass is 10.1. The molecule has 1 fully saturated rings. The SMILES string of the molecule is CSCC(=O)N1CCCC(Nc2ccc(F)cc2)C1. The summed E-state index contributed by atoms with van der Waals surface area (Å²) >= 11 is 1.56. The summed E-state index contributed by atoms with van der Waals surface area (Å²) in [5, 5.41) is 3.37. The molecule has 19 heavy (non-hydrogen) atoms. The van der Waals surface area contributed by atoms with Crippen LogP contribution in [0.15, 0.2) is 24.3 Å². The molecule has 1 aromatic rings. The van der Waals surface area contributed by atoms with Gasteiger partial charge in [-0.25, -0.2) is 4.39 Å². The first-order chi connectivity index (χ1) is 9.19. The van der Waals surface area contributed by atoms with Gasteiger partial charge in [0.05, 0.1) is 5.75 Å². The Morgan fingerprint density at radius 3 is 2.89 bits per heavy atom. The van der Waals surface area contributed by atoms with Crippen LogP contribution in [0.1, 0.15) is 12.8 Å². The van der Waals surface area contributed by atoms with E-state index in [1.165, 1.54) is 12.1 Å². The summed E-state index contributed by atoms with van der Waals surface area (Å²) in [6, 6.07) is 6.62. The fourth-order valence-corrected chi connectivity index (χ4v) is 2.75. The average Bonchev–Trinajstić information content (AvgIpc) is 2.42. The maximum Gasteiger partial charge on any atom is 0.232 e. The third-order valence-electron chi connectivity index (χ3n) is 3.26. The molecule has 5 heteroatoms. The molecule has 0 aromatic heterocycles. The normalized spacial score (nSPS) is 19.3. The van der Waals surface area contributed by atoms with Gasteiger partial charge in [0.1, 0.15) is 5.82 Å². The number of nitrogens with one attached hydrogen (secondary N) is 1. The molecule has 0 saturated carbocycles. The summed E-state index contributed by atoms with van der Waals surface area (Å²) in [6.07, 6.45) is 4.00. The van der Waals surface area contributed by atoms with Crippen molar-refractivity contribution in [2.75, 3.05) is 30.4 Å².